The molecule has 4 heteroatoms. The standard InChI is InChI=1S/C18H20N2O2/c1-5-14-16(19-18(22)11(3)17(14)21)12-6-7-15-13(9-12)8-10(2)20(15)4/h6-9H,5H2,1-4H3,(H2,19,21,22). The summed E-state index contributed by atoms with van der Waals surface area (Å²) >= 11 is 0. The van der Waals surface area contributed by atoms with Gasteiger partial charge < -0.3 is 14.7 Å². The van der Waals surface area contributed by atoms with Crippen LogP contribution in [0.15, 0.2) is 29.1 Å². The summed E-state index contributed by atoms with van der Waals surface area (Å²) < 4.78 is 2.13. The number of fused-ring (bicyclic) bond motifs is 1. The Morgan fingerprint density at radius 1 is 1.23 bits per heavy atom. The highest BCUT2D eigenvalue weighted by molar-refractivity contribution is 5.86. The van der Waals surface area contributed by atoms with E-state index in [1.165, 1.54) is 5.69 Å². The van der Waals surface area contributed by atoms with Gasteiger partial charge in [-0.15, -0.1) is 0 Å². The molecule has 4 nitrogen and oxygen atoms in total. The molecule has 114 valence electrons. The summed E-state index contributed by atoms with van der Waals surface area (Å²) in [6, 6.07) is 8.21. The highest BCUT2D eigenvalue weighted by Crippen LogP contribution is 2.31. The van der Waals surface area contributed by atoms with Gasteiger partial charge in [-0.05, 0) is 44.0 Å². The van der Waals surface area contributed by atoms with Crippen LogP contribution in [0.4, 0.5) is 0 Å². The van der Waals surface area contributed by atoms with Crippen molar-refractivity contribution in [3.05, 3.63) is 51.4 Å². The average molecular weight is 296 g/mol. The first-order valence-electron chi connectivity index (χ1n) is 7.45. The normalized spacial score (nSPS) is 11.3. The zero-order chi connectivity index (χ0) is 16.0. The minimum atomic E-state index is -0.242. The molecule has 0 aliphatic carbocycles. The number of aromatic nitrogens is 2. The van der Waals surface area contributed by atoms with E-state index in [0.717, 1.165) is 22.0 Å². The van der Waals surface area contributed by atoms with Gasteiger partial charge in [-0.3, -0.25) is 4.79 Å². The second-order valence-corrected chi connectivity index (χ2v) is 5.75. The molecule has 0 aliphatic rings. The van der Waals surface area contributed by atoms with E-state index in [1.807, 2.05) is 26.1 Å². The molecule has 3 rings (SSSR count). The van der Waals surface area contributed by atoms with Crippen LogP contribution >= 0.6 is 0 Å². The van der Waals surface area contributed by atoms with Gasteiger partial charge in [0.15, 0.2) is 0 Å². The number of aromatic amines is 1. The first-order valence-corrected chi connectivity index (χ1v) is 7.45. The maximum absolute atomic E-state index is 12.0. The number of nitrogens with one attached hydrogen (secondary N) is 1. The number of H-pyrrole nitrogens is 1. The van der Waals surface area contributed by atoms with Crippen LogP contribution < -0.4 is 5.56 Å². The van der Waals surface area contributed by atoms with Gasteiger partial charge in [-0.25, -0.2) is 0 Å². The van der Waals surface area contributed by atoms with Gasteiger partial charge in [0.05, 0.1) is 11.3 Å². The maximum atomic E-state index is 12.0. The molecule has 2 aromatic heterocycles. The molecule has 0 spiro atoms. The van der Waals surface area contributed by atoms with E-state index in [0.29, 0.717) is 17.7 Å². The van der Waals surface area contributed by atoms with Crippen molar-refractivity contribution in [1.29, 1.82) is 0 Å². The van der Waals surface area contributed by atoms with Gasteiger partial charge >= 0.3 is 0 Å². The van der Waals surface area contributed by atoms with Crippen molar-refractivity contribution in [2.75, 3.05) is 0 Å². The molecule has 0 atom stereocenters. The lowest BCUT2D eigenvalue weighted by Crippen LogP contribution is -2.13. The van der Waals surface area contributed by atoms with Crippen LogP contribution in [0.5, 0.6) is 5.75 Å². The molecule has 0 saturated heterocycles. The van der Waals surface area contributed by atoms with Gasteiger partial charge in [-0.1, -0.05) is 13.0 Å². The number of nitrogens with zero attached hydrogens (tertiary/aromatic N) is 1. The van der Waals surface area contributed by atoms with E-state index in [2.05, 4.69) is 28.6 Å². The molecule has 2 N–H and O–H groups in total. The van der Waals surface area contributed by atoms with Gasteiger partial charge in [0.2, 0.25) is 0 Å². The highest BCUT2D eigenvalue weighted by Gasteiger charge is 2.15. The van der Waals surface area contributed by atoms with Gasteiger partial charge in [0, 0.05) is 29.2 Å². The third-order valence-corrected chi connectivity index (χ3v) is 4.45. The molecular formula is C18H20N2O2. The van der Waals surface area contributed by atoms with Crippen LogP contribution in [-0.4, -0.2) is 14.7 Å². The number of rotatable bonds is 2. The lowest BCUT2D eigenvalue weighted by atomic mass is 10.00. The molecule has 0 amide bonds. The van der Waals surface area contributed by atoms with E-state index >= 15 is 0 Å². The Morgan fingerprint density at radius 2 is 1.95 bits per heavy atom. The molecule has 2 heterocycles. The minimum absolute atomic E-state index is 0.102. The minimum Gasteiger partial charge on any atom is -0.507 e. The average Bonchev–Trinajstić information content (AvgIpc) is 2.79. The molecule has 1 aromatic carbocycles. The lowest BCUT2D eigenvalue weighted by Gasteiger charge is -2.12. The van der Waals surface area contributed by atoms with Crippen LogP contribution in [-0.2, 0) is 13.5 Å². The SMILES string of the molecule is CCc1c(-c2ccc3c(c2)cc(C)n3C)[nH]c(=O)c(C)c1O. The first-order chi connectivity index (χ1) is 10.4. The highest BCUT2D eigenvalue weighted by atomic mass is 16.3. The van der Waals surface area contributed by atoms with Crippen molar-refractivity contribution < 1.29 is 5.11 Å². The molecule has 0 fully saturated rings. The zero-order valence-electron chi connectivity index (χ0n) is 13.3. The van der Waals surface area contributed by atoms with Crippen LogP contribution in [0.1, 0.15) is 23.7 Å². The Bertz CT molecular complexity index is 932. The third kappa shape index (κ3) is 2.03. The largest absolute Gasteiger partial charge is 0.507 e. The Labute approximate surface area is 129 Å². The van der Waals surface area contributed by atoms with Crippen molar-refractivity contribution in [3.8, 4) is 17.0 Å². The molecular weight excluding hydrogens is 276 g/mol. The van der Waals surface area contributed by atoms with E-state index in [9.17, 15) is 9.90 Å². The summed E-state index contributed by atoms with van der Waals surface area (Å²) in [4.78, 5) is 14.9. The maximum Gasteiger partial charge on any atom is 0.255 e. The Balaban J connectivity index is 2.29. The fraction of sp³-hybridized carbons (Fsp3) is 0.278. The number of aromatic hydroxyl groups is 1. The fourth-order valence-electron chi connectivity index (χ4n) is 2.97. The fourth-order valence-corrected chi connectivity index (χ4v) is 2.97. The molecule has 0 bridgehead atoms. The molecule has 22 heavy (non-hydrogen) atoms. The lowest BCUT2D eigenvalue weighted by molar-refractivity contribution is 0.463. The monoisotopic (exact) mass is 296 g/mol. The van der Waals surface area contributed by atoms with Gasteiger partial charge in [0.25, 0.3) is 5.56 Å². The number of hydrogen-bond acceptors (Lipinski definition) is 2. The van der Waals surface area contributed by atoms with Crippen LogP contribution in [0, 0.1) is 13.8 Å². The number of aryl methyl sites for hydroxylation is 2. The smallest absolute Gasteiger partial charge is 0.255 e. The van der Waals surface area contributed by atoms with Crippen LogP contribution in [0.25, 0.3) is 22.2 Å². The Kier molecular flexibility index (Phi) is 3.32. The summed E-state index contributed by atoms with van der Waals surface area (Å²) in [6.45, 7) is 5.68. The van der Waals surface area contributed by atoms with Crippen molar-refractivity contribution in [2.24, 2.45) is 7.05 Å². The molecule has 0 radical (unpaired) electrons. The second-order valence-electron chi connectivity index (χ2n) is 5.75. The summed E-state index contributed by atoms with van der Waals surface area (Å²) in [5.74, 6) is 0.102. The summed E-state index contributed by atoms with van der Waals surface area (Å²) in [5.41, 5.74) is 4.87. The van der Waals surface area contributed by atoms with Crippen molar-refractivity contribution in [3.63, 3.8) is 0 Å². The van der Waals surface area contributed by atoms with Gasteiger partial charge in [0.1, 0.15) is 5.75 Å². The molecule has 0 saturated carbocycles. The topological polar surface area (TPSA) is 58.0 Å². The van der Waals surface area contributed by atoms with Crippen molar-refractivity contribution in [2.45, 2.75) is 27.2 Å². The summed E-state index contributed by atoms with van der Waals surface area (Å²) in [5, 5.41) is 11.4. The van der Waals surface area contributed by atoms with E-state index in [1.54, 1.807) is 6.92 Å². The number of hydrogen-bond donors (Lipinski definition) is 2. The quantitative estimate of drug-likeness (QED) is 0.761. The summed E-state index contributed by atoms with van der Waals surface area (Å²) in [6.07, 6.45) is 0.657. The first kappa shape index (κ1) is 14.4. The third-order valence-electron chi connectivity index (χ3n) is 4.45. The van der Waals surface area contributed by atoms with Crippen molar-refractivity contribution in [1.82, 2.24) is 9.55 Å². The molecule has 0 aliphatic heterocycles. The van der Waals surface area contributed by atoms with E-state index in [4.69, 9.17) is 0 Å². The van der Waals surface area contributed by atoms with Crippen molar-refractivity contribution >= 4 is 10.9 Å². The Hall–Kier alpha value is -2.49. The zero-order valence-corrected chi connectivity index (χ0v) is 13.3. The Morgan fingerprint density at radius 3 is 2.64 bits per heavy atom. The van der Waals surface area contributed by atoms with E-state index in [-0.39, 0.29) is 11.3 Å². The van der Waals surface area contributed by atoms with Gasteiger partial charge in [-0.2, -0.15) is 0 Å². The van der Waals surface area contributed by atoms with Crippen LogP contribution in [0.3, 0.4) is 0 Å². The predicted octanol–water partition coefficient (Wildman–Crippen LogP) is 3.42. The van der Waals surface area contributed by atoms with E-state index < -0.39 is 0 Å². The predicted molar refractivity (Wildman–Crippen MR) is 89.5 cm³/mol. The van der Waals surface area contributed by atoms with Crippen LogP contribution in [0.2, 0.25) is 0 Å². The number of pyridine rings is 1. The molecule has 0 unspecified atom stereocenters. The summed E-state index contributed by atoms with van der Waals surface area (Å²) in [7, 11) is 2.04. The molecule has 3 aromatic rings. The number of benzene rings is 1. The second kappa shape index (κ2) is 5.05.